The van der Waals surface area contributed by atoms with E-state index in [1.165, 1.54) is 0 Å². The zero-order valence-electron chi connectivity index (χ0n) is 10.2. The van der Waals surface area contributed by atoms with Crippen LogP contribution in [0.4, 0.5) is 0 Å². The molecule has 3 rings (SSSR count). The van der Waals surface area contributed by atoms with Crippen molar-refractivity contribution in [3.8, 4) is 0 Å². The van der Waals surface area contributed by atoms with E-state index in [0.29, 0.717) is 6.54 Å². The van der Waals surface area contributed by atoms with E-state index in [4.69, 9.17) is 4.42 Å². The molecule has 0 aliphatic heterocycles. The molecule has 0 radical (unpaired) electrons. The number of nitrogens with one attached hydrogen (secondary N) is 1. The Labute approximate surface area is 113 Å². The average molecular weight is 271 g/mol. The Morgan fingerprint density at radius 3 is 2.63 bits per heavy atom. The molecule has 0 saturated carbocycles. The molecule has 0 aliphatic rings. The third kappa shape index (κ3) is 2.75. The minimum absolute atomic E-state index is 0.451. The fraction of sp³-hybridized carbons (Fsp3) is 0.0667. The summed E-state index contributed by atoms with van der Waals surface area (Å²) >= 11 is 0. The molecule has 1 N–H and O–H groups in total. The first-order chi connectivity index (χ1) is 9.33. The lowest BCUT2D eigenvalue weighted by Crippen LogP contribution is -2.16. The van der Waals surface area contributed by atoms with E-state index in [-0.39, 0.29) is 0 Å². The zero-order valence-corrected chi connectivity index (χ0v) is 11.0. The molecule has 2 aromatic carbocycles. The van der Waals surface area contributed by atoms with Gasteiger partial charge in [0.2, 0.25) is 0 Å². The van der Waals surface area contributed by atoms with Gasteiger partial charge in [-0.25, -0.2) is 8.93 Å². The second kappa shape index (κ2) is 5.38. The van der Waals surface area contributed by atoms with Crippen molar-refractivity contribution in [3.63, 3.8) is 0 Å². The lowest BCUT2D eigenvalue weighted by molar-refractivity contribution is 0.504. The summed E-state index contributed by atoms with van der Waals surface area (Å²) in [5, 5.41) is 2.24. The number of hydrogen-bond donors (Lipinski definition) is 1. The van der Waals surface area contributed by atoms with E-state index < -0.39 is 11.0 Å². The first-order valence-corrected chi connectivity index (χ1v) is 7.14. The highest BCUT2D eigenvalue weighted by atomic mass is 32.2. The van der Waals surface area contributed by atoms with Crippen LogP contribution in [0.2, 0.25) is 0 Å². The Balaban J connectivity index is 1.77. The van der Waals surface area contributed by atoms with Crippen LogP contribution in [-0.2, 0) is 17.5 Å². The number of hydrogen-bond acceptors (Lipinski definition) is 2. The van der Waals surface area contributed by atoms with Crippen molar-refractivity contribution in [3.05, 3.63) is 66.6 Å². The van der Waals surface area contributed by atoms with E-state index in [9.17, 15) is 4.21 Å². The molecule has 4 heteroatoms. The van der Waals surface area contributed by atoms with E-state index in [2.05, 4.69) is 4.72 Å². The number of benzene rings is 2. The second-order valence-electron chi connectivity index (χ2n) is 4.18. The van der Waals surface area contributed by atoms with Crippen molar-refractivity contribution in [1.82, 2.24) is 4.72 Å². The summed E-state index contributed by atoms with van der Waals surface area (Å²) in [7, 11) is -1.23. The van der Waals surface area contributed by atoms with Crippen molar-refractivity contribution in [1.29, 1.82) is 0 Å². The molecule has 0 saturated heterocycles. The third-order valence-electron chi connectivity index (χ3n) is 2.89. The SMILES string of the molecule is O=S(NCc1ccco1)c1ccc2ccccc2c1. The highest BCUT2D eigenvalue weighted by Crippen LogP contribution is 2.17. The smallest absolute Gasteiger partial charge is 0.125 e. The van der Waals surface area contributed by atoms with Gasteiger partial charge in [0.15, 0.2) is 0 Å². The molecular weight excluding hydrogens is 258 g/mol. The lowest BCUT2D eigenvalue weighted by atomic mass is 10.1. The van der Waals surface area contributed by atoms with Crippen molar-refractivity contribution in [2.24, 2.45) is 0 Å². The van der Waals surface area contributed by atoms with Crippen LogP contribution < -0.4 is 4.72 Å². The van der Waals surface area contributed by atoms with Crippen LogP contribution in [-0.4, -0.2) is 4.21 Å². The predicted molar refractivity (Wildman–Crippen MR) is 75.9 cm³/mol. The highest BCUT2D eigenvalue weighted by Gasteiger charge is 2.05. The second-order valence-corrected chi connectivity index (χ2v) is 5.48. The summed E-state index contributed by atoms with van der Waals surface area (Å²) in [6.07, 6.45) is 1.61. The summed E-state index contributed by atoms with van der Waals surface area (Å²) in [6, 6.07) is 17.5. The van der Waals surface area contributed by atoms with Crippen LogP contribution in [0.1, 0.15) is 5.76 Å². The van der Waals surface area contributed by atoms with Crippen LogP contribution >= 0.6 is 0 Å². The van der Waals surface area contributed by atoms with Gasteiger partial charge in [-0.1, -0.05) is 30.3 Å². The Morgan fingerprint density at radius 2 is 1.84 bits per heavy atom. The van der Waals surface area contributed by atoms with Gasteiger partial charge < -0.3 is 4.42 Å². The fourth-order valence-electron chi connectivity index (χ4n) is 1.92. The van der Waals surface area contributed by atoms with Crippen molar-refractivity contribution in [2.75, 3.05) is 0 Å². The minimum Gasteiger partial charge on any atom is -0.468 e. The molecule has 0 spiro atoms. The Bertz CT molecular complexity index is 707. The molecule has 3 aromatic rings. The molecule has 19 heavy (non-hydrogen) atoms. The fourth-order valence-corrected chi connectivity index (χ4v) is 2.78. The minimum atomic E-state index is -1.23. The van der Waals surface area contributed by atoms with Crippen LogP contribution in [0.3, 0.4) is 0 Å². The maximum absolute atomic E-state index is 12.1. The molecular formula is C15H13NO2S. The molecule has 96 valence electrons. The summed E-state index contributed by atoms with van der Waals surface area (Å²) in [4.78, 5) is 0.769. The maximum Gasteiger partial charge on any atom is 0.125 e. The van der Waals surface area contributed by atoms with Crippen LogP contribution in [0.25, 0.3) is 10.8 Å². The average Bonchev–Trinajstić information content (AvgIpc) is 2.97. The van der Waals surface area contributed by atoms with Crippen LogP contribution in [0.5, 0.6) is 0 Å². The molecule has 0 aliphatic carbocycles. The van der Waals surface area contributed by atoms with Gasteiger partial charge >= 0.3 is 0 Å². The van der Waals surface area contributed by atoms with Gasteiger partial charge in [0.1, 0.15) is 16.7 Å². The molecule has 1 aromatic heterocycles. The summed E-state index contributed by atoms with van der Waals surface area (Å²) in [6.45, 7) is 0.451. The summed E-state index contributed by atoms with van der Waals surface area (Å²) in [5.41, 5.74) is 0. The maximum atomic E-state index is 12.1. The molecule has 0 fully saturated rings. The van der Waals surface area contributed by atoms with E-state index in [1.807, 2.05) is 54.6 Å². The van der Waals surface area contributed by atoms with Crippen LogP contribution in [0.15, 0.2) is 70.2 Å². The standard InChI is InChI=1S/C15H13NO2S/c17-19(16-11-14-6-3-9-18-14)15-8-7-12-4-1-2-5-13(12)10-15/h1-10,16H,11H2. The van der Waals surface area contributed by atoms with E-state index in [1.54, 1.807) is 6.26 Å². The summed E-state index contributed by atoms with van der Waals surface area (Å²) in [5.74, 6) is 0.772. The molecule has 0 amide bonds. The molecule has 3 nitrogen and oxygen atoms in total. The Morgan fingerprint density at radius 1 is 1.00 bits per heavy atom. The third-order valence-corrected chi connectivity index (χ3v) is 3.98. The number of furan rings is 1. The molecule has 1 heterocycles. The number of fused-ring (bicyclic) bond motifs is 1. The number of rotatable bonds is 4. The van der Waals surface area contributed by atoms with Crippen molar-refractivity contribution in [2.45, 2.75) is 11.4 Å². The lowest BCUT2D eigenvalue weighted by Gasteiger charge is -2.04. The van der Waals surface area contributed by atoms with Gasteiger partial charge in [-0.15, -0.1) is 0 Å². The van der Waals surface area contributed by atoms with Gasteiger partial charge in [-0.05, 0) is 35.0 Å². The Hall–Kier alpha value is -1.91. The van der Waals surface area contributed by atoms with Gasteiger partial charge in [-0.3, -0.25) is 0 Å². The van der Waals surface area contributed by atoms with Gasteiger partial charge in [-0.2, -0.15) is 0 Å². The van der Waals surface area contributed by atoms with E-state index in [0.717, 1.165) is 21.4 Å². The zero-order chi connectivity index (χ0) is 13.1. The van der Waals surface area contributed by atoms with Gasteiger partial charge in [0.25, 0.3) is 0 Å². The van der Waals surface area contributed by atoms with Crippen LogP contribution in [0, 0.1) is 0 Å². The first kappa shape index (κ1) is 12.1. The summed E-state index contributed by atoms with van der Waals surface area (Å²) < 4.78 is 20.3. The molecule has 1 atom stereocenters. The molecule has 0 bridgehead atoms. The van der Waals surface area contributed by atoms with Crippen molar-refractivity contribution >= 4 is 21.8 Å². The molecule has 1 unspecified atom stereocenters. The van der Waals surface area contributed by atoms with E-state index >= 15 is 0 Å². The largest absolute Gasteiger partial charge is 0.468 e. The normalized spacial score (nSPS) is 12.6. The topological polar surface area (TPSA) is 42.2 Å². The van der Waals surface area contributed by atoms with Gasteiger partial charge in [0, 0.05) is 0 Å². The quantitative estimate of drug-likeness (QED) is 0.791. The van der Waals surface area contributed by atoms with Crippen molar-refractivity contribution < 1.29 is 8.63 Å². The monoisotopic (exact) mass is 271 g/mol. The Kier molecular flexibility index (Phi) is 3.44. The van der Waals surface area contributed by atoms with Gasteiger partial charge in [0.05, 0.1) is 17.7 Å². The first-order valence-electron chi connectivity index (χ1n) is 5.99. The predicted octanol–water partition coefficient (Wildman–Crippen LogP) is 3.25. The highest BCUT2D eigenvalue weighted by molar-refractivity contribution is 7.83.